The zero-order valence-corrected chi connectivity index (χ0v) is 18.2. The number of hydrogen-bond donors (Lipinski definition) is 3. The quantitative estimate of drug-likeness (QED) is 0.490. The monoisotopic (exact) mass is 401 g/mol. The average Bonchev–Trinajstić information content (AvgIpc) is 2.93. The second kappa shape index (κ2) is 8.19. The number of aliphatic hydroxyl groups is 2. The van der Waals surface area contributed by atoms with Gasteiger partial charge >= 0.3 is 0 Å². The van der Waals surface area contributed by atoms with E-state index in [1.165, 1.54) is 17.7 Å². The summed E-state index contributed by atoms with van der Waals surface area (Å²) in [5, 5.41) is 23.6. The van der Waals surface area contributed by atoms with Crippen molar-refractivity contribution in [3.63, 3.8) is 0 Å². The van der Waals surface area contributed by atoms with E-state index in [1.807, 2.05) is 13.0 Å². The van der Waals surface area contributed by atoms with Crippen molar-refractivity contribution in [2.45, 2.75) is 72.1 Å². The molecule has 7 atom stereocenters. The van der Waals surface area contributed by atoms with Crippen molar-refractivity contribution in [1.82, 2.24) is 5.32 Å². The van der Waals surface area contributed by atoms with Crippen molar-refractivity contribution in [3.05, 3.63) is 35.5 Å². The van der Waals surface area contributed by atoms with E-state index < -0.39 is 17.6 Å². The maximum Gasteiger partial charge on any atom is 0.235 e. The van der Waals surface area contributed by atoms with Crippen LogP contribution in [0.15, 0.2) is 35.5 Å². The minimum atomic E-state index is -1.20. The molecule has 1 heterocycles. The lowest BCUT2D eigenvalue weighted by molar-refractivity contribution is -0.142. The van der Waals surface area contributed by atoms with Gasteiger partial charge in [-0.05, 0) is 51.0 Å². The van der Waals surface area contributed by atoms with E-state index in [4.69, 9.17) is 0 Å². The number of carbonyl (C=O) groups is 2. The molecule has 0 aromatic rings. The Morgan fingerprint density at radius 2 is 1.90 bits per heavy atom. The van der Waals surface area contributed by atoms with Gasteiger partial charge in [0.05, 0.1) is 12.2 Å². The summed E-state index contributed by atoms with van der Waals surface area (Å²) in [5.74, 6) is -0.455. The Bertz CT molecular complexity index is 765. The molecule has 2 aliphatic carbocycles. The van der Waals surface area contributed by atoms with Gasteiger partial charge in [0.15, 0.2) is 5.78 Å². The van der Waals surface area contributed by atoms with Gasteiger partial charge < -0.3 is 15.5 Å². The van der Waals surface area contributed by atoms with Gasteiger partial charge in [-0.1, -0.05) is 50.1 Å². The van der Waals surface area contributed by atoms with Crippen LogP contribution < -0.4 is 5.32 Å². The predicted molar refractivity (Wildman–Crippen MR) is 113 cm³/mol. The molecule has 0 radical (unpaired) electrons. The standard InChI is InChI=1S/C24H35NO4/c1-13(2)10-18-22-16(5)15(4)12-17-11-14(3)6-7-19(26)20(27)8-9-21(28)24(17,22)23(29)25-18/h8-9,11-13,16-20,22,26-27H,6-7,10H2,1-5H3,(H,25,29)/b9-8+,14-11+/t16-,17+,18+,19?,20+,22+,24?/m1/s1. The van der Waals surface area contributed by atoms with E-state index in [0.29, 0.717) is 18.8 Å². The second-order valence-corrected chi connectivity index (χ2v) is 9.66. The van der Waals surface area contributed by atoms with Crippen LogP contribution in [0.25, 0.3) is 0 Å². The molecule has 0 saturated carbocycles. The fourth-order valence-corrected chi connectivity index (χ4v) is 5.53. The van der Waals surface area contributed by atoms with Gasteiger partial charge in [0.25, 0.3) is 0 Å². The van der Waals surface area contributed by atoms with Gasteiger partial charge in [-0.3, -0.25) is 9.59 Å². The third-order valence-electron chi connectivity index (χ3n) is 7.15. The van der Waals surface area contributed by atoms with Crippen LogP contribution in [0.3, 0.4) is 0 Å². The highest BCUT2D eigenvalue weighted by molar-refractivity contribution is 6.13. The van der Waals surface area contributed by atoms with E-state index >= 15 is 0 Å². The number of amides is 1. The van der Waals surface area contributed by atoms with Crippen LogP contribution in [0.5, 0.6) is 0 Å². The first-order chi connectivity index (χ1) is 13.6. The van der Waals surface area contributed by atoms with E-state index in [-0.39, 0.29) is 35.5 Å². The topological polar surface area (TPSA) is 86.6 Å². The molecule has 0 aromatic heterocycles. The van der Waals surface area contributed by atoms with Gasteiger partial charge in [0, 0.05) is 17.9 Å². The smallest absolute Gasteiger partial charge is 0.235 e. The minimum Gasteiger partial charge on any atom is -0.390 e. The summed E-state index contributed by atoms with van der Waals surface area (Å²) in [6, 6.07) is -0.0599. The molecular weight excluding hydrogens is 366 g/mol. The number of carbonyl (C=O) groups excluding carboxylic acids is 2. The number of ketones is 1. The van der Waals surface area contributed by atoms with Crippen LogP contribution in [-0.4, -0.2) is 40.2 Å². The largest absolute Gasteiger partial charge is 0.390 e. The minimum absolute atomic E-state index is 0.0599. The lowest BCUT2D eigenvalue weighted by atomic mass is 9.55. The fraction of sp³-hybridized carbons (Fsp3) is 0.667. The molecule has 1 fully saturated rings. The number of aliphatic hydroxyl groups excluding tert-OH is 2. The Balaban J connectivity index is 2.20. The Morgan fingerprint density at radius 3 is 2.55 bits per heavy atom. The van der Waals surface area contributed by atoms with Crippen LogP contribution in [0, 0.1) is 29.1 Å². The molecule has 1 amide bonds. The van der Waals surface area contributed by atoms with Crippen molar-refractivity contribution in [3.8, 4) is 0 Å². The molecular formula is C24H35NO4. The zero-order chi connectivity index (χ0) is 21.5. The first kappa shape index (κ1) is 22.0. The molecule has 0 bridgehead atoms. The predicted octanol–water partition coefficient (Wildman–Crippen LogP) is 2.93. The molecule has 3 aliphatic rings. The normalized spacial score (nSPS) is 43.4. The molecule has 1 spiro atoms. The van der Waals surface area contributed by atoms with E-state index in [0.717, 1.165) is 12.0 Å². The van der Waals surface area contributed by atoms with Gasteiger partial charge in [0.1, 0.15) is 5.41 Å². The summed E-state index contributed by atoms with van der Waals surface area (Å²) < 4.78 is 0. The molecule has 5 heteroatoms. The second-order valence-electron chi connectivity index (χ2n) is 9.66. The van der Waals surface area contributed by atoms with Gasteiger partial charge in [-0.25, -0.2) is 0 Å². The Kier molecular flexibility index (Phi) is 6.21. The molecule has 1 aliphatic heterocycles. The molecule has 1 saturated heterocycles. The third kappa shape index (κ3) is 3.75. The maximum atomic E-state index is 13.6. The molecule has 0 aromatic carbocycles. The van der Waals surface area contributed by atoms with Crippen LogP contribution in [0.4, 0.5) is 0 Å². The van der Waals surface area contributed by atoms with Gasteiger partial charge in [-0.2, -0.15) is 0 Å². The highest BCUT2D eigenvalue weighted by atomic mass is 16.3. The molecule has 3 rings (SSSR count). The SMILES string of the molecule is CC1=C[C@@H]2/C=C(\C)CCC(O)[C@@H](O)/C=C/C(=O)C23C(=O)N[C@@H](CC(C)C)[C@@H]3[C@@H]1C. The highest BCUT2D eigenvalue weighted by Crippen LogP contribution is 2.55. The number of allylic oxidation sites excluding steroid dienone is 5. The van der Waals surface area contributed by atoms with Crippen LogP contribution >= 0.6 is 0 Å². The van der Waals surface area contributed by atoms with Crippen molar-refractivity contribution in [1.29, 1.82) is 0 Å². The van der Waals surface area contributed by atoms with Crippen LogP contribution in [0.1, 0.15) is 53.9 Å². The van der Waals surface area contributed by atoms with Gasteiger partial charge in [-0.15, -0.1) is 0 Å². The third-order valence-corrected chi connectivity index (χ3v) is 7.15. The van der Waals surface area contributed by atoms with Crippen LogP contribution in [0.2, 0.25) is 0 Å². The van der Waals surface area contributed by atoms with Crippen molar-refractivity contribution >= 4 is 11.7 Å². The van der Waals surface area contributed by atoms with Crippen molar-refractivity contribution < 1.29 is 19.8 Å². The summed E-state index contributed by atoms with van der Waals surface area (Å²) in [5.41, 5.74) is 1.02. The van der Waals surface area contributed by atoms with Crippen molar-refractivity contribution in [2.75, 3.05) is 0 Å². The molecule has 3 N–H and O–H groups in total. The molecule has 160 valence electrons. The molecule has 29 heavy (non-hydrogen) atoms. The van der Waals surface area contributed by atoms with E-state index in [9.17, 15) is 19.8 Å². The summed E-state index contributed by atoms with van der Waals surface area (Å²) in [6.45, 7) is 10.4. The van der Waals surface area contributed by atoms with Gasteiger partial charge in [0.2, 0.25) is 5.91 Å². The summed E-state index contributed by atoms with van der Waals surface area (Å²) in [4.78, 5) is 27.1. The van der Waals surface area contributed by atoms with Crippen molar-refractivity contribution in [2.24, 2.45) is 29.1 Å². The first-order valence-electron chi connectivity index (χ1n) is 10.8. The average molecular weight is 402 g/mol. The lowest BCUT2D eigenvalue weighted by Gasteiger charge is -2.44. The Morgan fingerprint density at radius 1 is 1.21 bits per heavy atom. The summed E-state index contributed by atoms with van der Waals surface area (Å²) in [7, 11) is 0. The lowest BCUT2D eigenvalue weighted by Crippen LogP contribution is -2.51. The van der Waals surface area contributed by atoms with E-state index in [1.54, 1.807) is 0 Å². The number of hydrogen-bond acceptors (Lipinski definition) is 4. The Labute approximate surface area is 174 Å². The number of nitrogens with one attached hydrogen (secondary N) is 1. The first-order valence-corrected chi connectivity index (χ1v) is 10.8. The highest BCUT2D eigenvalue weighted by Gasteiger charge is 2.64. The maximum absolute atomic E-state index is 13.6. The molecule has 2 unspecified atom stereocenters. The van der Waals surface area contributed by atoms with Crippen LogP contribution in [-0.2, 0) is 9.59 Å². The summed E-state index contributed by atoms with van der Waals surface area (Å²) in [6.07, 6.45) is 6.60. The Hall–Kier alpha value is -1.72. The van der Waals surface area contributed by atoms with E-state index in [2.05, 4.69) is 39.1 Å². The summed E-state index contributed by atoms with van der Waals surface area (Å²) >= 11 is 0. The fourth-order valence-electron chi connectivity index (χ4n) is 5.53. The molecule has 5 nitrogen and oxygen atoms in total. The number of rotatable bonds is 2. The zero-order valence-electron chi connectivity index (χ0n) is 18.2.